The molecule has 0 radical (unpaired) electrons. The molecule has 0 heterocycles. The number of hydrogen-bond donors (Lipinski definition) is 0. The van der Waals surface area contributed by atoms with E-state index in [1.54, 1.807) is 0 Å². The van der Waals surface area contributed by atoms with E-state index in [0.717, 1.165) is 0 Å². The topological polar surface area (TPSA) is 0 Å². The summed E-state index contributed by atoms with van der Waals surface area (Å²) in [5.41, 5.74) is 0. The molecule has 56 valence electrons. The SMILES string of the molecule is Cl[SiH2]Cl.FC1CC1(F)F. The summed E-state index contributed by atoms with van der Waals surface area (Å²) >= 11 is 9.81. The lowest BCUT2D eigenvalue weighted by Crippen LogP contribution is -1.90. The second-order valence-electron chi connectivity index (χ2n) is 1.53. The maximum atomic E-state index is 11.2. The van der Waals surface area contributed by atoms with E-state index < -0.39 is 26.7 Å². The first-order chi connectivity index (χ1) is 4.04. The smallest absolute Gasteiger partial charge is 0.241 e. The summed E-state index contributed by atoms with van der Waals surface area (Å²) in [6.07, 6.45) is -2.40. The van der Waals surface area contributed by atoms with E-state index in [-0.39, 0.29) is 0 Å². The van der Waals surface area contributed by atoms with Gasteiger partial charge in [0.05, 0.1) is 6.42 Å². The van der Waals surface area contributed by atoms with Gasteiger partial charge >= 0.3 is 0 Å². The number of hydrogen-bond acceptors (Lipinski definition) is 0. The Balaban J connectivity index is 0.000000187. The van der Waals surface area contributed by atoms with Crippen LogP contribution in [0.1, 0.15) is 6.42 Å². The van der Waals surface area contributed by atoms with Crippen molar-refractivity contribution in [2.75, 3.05) is 0 Å². The molecule has 0 amide bonds. The number of rotatable bonds is 0. The summed E-state index contributed by atoms with van der Waals surface area (Å²) < 4.78 is 33.4. The standard InChI is InChI=1S/C3H3F3.Cl2H2Si/c4-2-1-3(2,5)6;1-3-2/h2H,1H2;3H2. The van der Waals surface area contributed by atoms with Crippen LogP contribution in [-0.4, -0.2) is 20.2 Å². The summed E-state index contributed by atoms with van der Waals surface area (Å²) in [7, 11) is -0.639. The van der Waals surface area contributed by atoms with Crippen molar-refractivity contribution in [3.8, 4) is 0 Å². The van der Waals surface area contributed by atoms with Crippen molar-refractivity contribution in [3.05, 3.63) is 0 Å². The molecule has 0 bridgehead atoms. The highest BCUT2D eigenvalue weighted by Gasteiger charge is 2.58. The normalized spacial score (nSPS) is 28.3. The molecule has 1 fully saturated rings. The predicted molar refractivity (Wildman–Crippen MR) is 34.7 cm³/mol. The van der Waals surface area contributed by atoms with Crippen LogP contribution in [0.15, 0.2) is 0 Å². The van der Waals surface area contributed by atoms with Crippen LogP contribution in [0, 0.1) is 0 Å². The lowest BCUT2D eigenvalue weighted by atomic mass is 10.8. The van der Waals surface area contributed by atoms with Gasteiger partial charge in [0, 0.05) is 0 Å². The molecule has 6 heteroatoms. The molecule has 1 aliphatic carbocycles. The molecule has 0 spiro atoms. The maximum absolute atomic E-state index is 11.2. The van der Waals surface area contributed by atoms with Gasteiger partial charge in [-0.05, 0) is 0 Å². The second-order valence-corrected chi connectivity index (χ2v) is 4.16. The van der Waals surface area contributed by atoms with Gasteiger partial charge in [-0.3, -0.25) is 0 Å². The molecule has 9 heavy (non-hydrogen) atoms. The van der Waals surface area contributed by atoms with E-state index in [1.807, 2.05) is 0 Å². The Kier molecular flexibility index (Phi) is 3.92. The maximum Gasteiger partial charge on any atom is 0.281 e. The molecule has 0 N–H and O–H groups in total. The summed E-state index contributed by atoms with van der Waals surface area (Å²) in [5, 5.41) is 0. The molecule has 0 saturated heterocycles. The number of halogens is 5. The van der Waals surface area contributed by atoms with Crippen molar-refractivity contribution in [2.24, 2.45) is 0 Å². The molecular formula is C3H5Cl2F3Si. The van der Waals surface area contributed by atoms with Gasteiger partial charge in [-0.15, -0.1) is 0 Å². The highest BCUT2D eigenvalue weighted by atomic mass is 35.7. The first kappa shape index (κ1) is 9.59. The van der Waals surface area contributed by atoms with Crippen molar-refractivity contribution in [1.82, 2.24) is 0 Å². The minimum absolute atomic E-state index is 0.562. The van der Waals surface area contributed by atoms with E-state index in [4.69, 9.17) is 22.2 Å². The molecule has 1 atom stereocenters. The monoisotopic (exact) mass is 196 g/mol. The third kappa shape index (κ3) is 4.05. The van der Waals surface area contributed by atoms with Gasteiger partial charge in [-0.1, -0.05) is 0 Å². The zero-order valence-electron chi connectivity index (χ0n) is 4.38. The van der Waals surface area contributed by atoms with Crippen molar-refractivity contribution in [1.29, 1.82) is 0 Å². The van der Waals surface area contributed by atoms with Crippen LogP contribution in [0.25, 0.3) is 0 Å². The molecule has 1 rings (SSSR count). The molecule has 0 aromatic rings. The third-order valence-corrected chi connectivity index (χ3v) is 0.750. The van der Waals surface area contributed by atoms with Gasteiger partial charge in [-0.25, -0.2) is 13.2 Å². The van der Waals surface area contributed by atoms with E-state index >= 15 is 0 Å². The molecule has 1 aliphatic rings. The largest absolute Gasteiger partial charge is 0.281 e. The highest BCUT2D eigenvalue weighted by molar-refractivity contribution is 7.22. The lowest BCUT2D eigenvalue weighted by Gasteiger charge is -1.79. The third-order valence-electron chi connectivity index (χ3n) is 0.750. The molecule has 0 aliphatic heterocycles. The predicted octanol–water partition coefficient (Wildman–Crippen LogP) is 1.83. The fourth-order valence-electron chi connectivity index (χ4n) is 0.180. The summed E-state index contributed by atoms with van der Waals surface area (Å²) in [6, 6.07) is 0. The number of alkyl halides is 3. The van der Waals surface area contributed by atoms with Crippen LogP contribution in [-0.2, 0) is 0 Å². The Morgan fingerprint density at radius 3 is 1.56 bits per heavy atom. The van der Waals surface area contributed by atoms with Crippen LogP contribution in [0.5, 0.6) is 0 Å². The Morgan fingerprint density at radius 1 is 1.44 bits per heavy atom. The Labute approximate surface area is 62.6 Å². The molecule has 1 saturated carbocycles. The fourth-order valence-corrected chi connectivity index (χ4v) is 0.180. The van der Waals surface area contributed by atoms with Gasteiger partial charge in [0.15, 0.2) is 6.17 Å². The van der Waals surface area contributed by atoms with Crippen molar-refractivity contribution >= 4 is 30.3 Å². The molecular weight excluding hydrogens is 192 g/mol. The fraction of sp³-hybridized carbons (Fsp3) is 1.00. The van der Waals surface area contributed by atoms with Crippen molar-refractivity contribution in [3.63, 3.8) is 0 Å². The van der Waals surface area contributed by atoms with Gasteiger partial charge in [-0.2, -0.15) is 22.2 Å². The quantitative estimate of drug-likeness (QED) is 0.410. The van der Waals surface area contributed by atoms with E-state index in [0.29, 0.717) is 0 Å². The van der Waals surface area contributed by atoms with E-state index in [9.17, 15) is 13.2 Å². The van der Waals surface area contributed by atoms with E-state index in [1.165, 1.54) is 0 Å². The van der Waals surface area contributed by atoms with Gasteiger partial charge < -0.3 is 0 Å². The zero-order valence-corrected chi connectivity index (χ0v) is 7.31. The zero-order chi connectivity index (χ0) is 7.49. The van der Waals surface area contributed by atoms with Gasteiger partial charge in [0.2, 0.25) is 8.14 Å². The summed E-state index contributed by atoms with van der Waals surface area (Å²) in [4.78, 5) is 0. The van der Waals surface area contributed by atoms with Gasteiger partial charge in [0.25, 0.3) is 5.92 Å². The highest BCUT2D eigenvalue weighted by Crippen LogP contribution is 2.44. The van der Waals surface area contributed by atoms with Crippen LogP contribution in [0.2, 0.25) is 0 Å². The first-order valence-corrected chi connectivity index (χ1v) is 6.46. The molecule has 0 aromatic heterocycles. The van der Waals surface area contributed by atoms with Crippen LogP contribution in [0.4, 0.5) is 13.2 Å². The summed E-state index contributed by atoms with van der Waals surface area (Å²) in [6.45, 7) is 0. The van der Waals surface area contributed by atoms with Gasteiger partial charge in [0.1, 0.15) is 0 Å². The molecule has 0 nitrogen and oxygen atoms in total. The molecule has 0 aromatic carbocycles. The molecule has 1 unspecified atom stereocenters. The second kappa shape index (κ2) is 3.68. The Bertz CT molecular complexity index is 89.1. The van der Waals surface area contributed by atoms with Crippen LogP contribution in [0.3, 0.4) is 0 Å². The Hall–Kier alpha value is 0.587. The van der Waals surface area contributed by atoms with Crippen LogP contribution >= 0.6 is 22.2 Å². The first-order valence-electron chi connectivity index (χ1n) is 2.18. The van der Waals surface area contributed by atoms with E-state index in [2.05, 4.69) is 0 Å². The van der Waals surface area contributed by atoms with Crippen molar-refractivity contribution < 1.29 is 13.2 Å². The minimum atomic E-state index is -2.96. The van der Waals surface area contributed by atoms with Crippen LogP contribution < -0.4 is 0 Å². The Morgan fingerprint density at radius 2 is 1.56 bits per heavy atom. The minimum Gasteiger partial charge on any atom is -0.241 e. The lowest BCUT2D eigenvalue weighted by molar-refractivity contribution is 0.0870. The summed E-state index contributed by atoms with van der Waals surface area (Å²) in [5.74, 6) is -2.96. The van der Waals surface area contributed by atoms with Crippen molar-refractivity contribution in [2.45, 2.75) is 18.5 Å². The average Bonchev–Trinajstić information content (AvgIpc) is 2.14. The average molecular weight is 197 g/mol.